The first kappa shape index (κ1) is 10.4. The molecule has 1 heterocycles. The van der Waals surface area contributed by atoms with Gasteiger partial charge < -0.3 is 0 Å². The van der Waals surface area contributed by atoms with Crippen molar-refractivity contribution in [2.75, 3.05) is 11.9 Å². The molecule has 0 unspecified atom stereocenters. The van der Waals surface area contributed by atoms with E-state index in [1.54, 1.807) is 31.5 Å². The van der Waals surface area contributed by atoms with E-state index in [-0.39, 0.29) is 11.8 Å². The van der Waals surface area contributed by atoms with E-state index in [1.807, 2.05) is 0 Å². The van der Waals surface area contributed by atoms with Crippen LogP contribution in [0.5, 0.6) is 0 Å². The molecular weight excluding hydrogens is 207 g/mol. The Kier molecular flexibility index (Phi) is 2.48. The van der Waals surface area contributed by atoms with Crippen LogP contribution in [0.2, 0.25) is 0 Å². The Bertz CT molecular complexity index is 464. The molecule has 0 aliphatic carbocycles. The molecule has 0 bridgehead atoms. The number of carbonyl (C=O) groups excluding carboxylic acids is 1. The Morgan fingerprint density at radius 1 is 1.25 bits per heavy atom. The lowest BCUT2D eigenvalue weighted by Gasteiger charge is -2.29. The van der Waals surface area contributed by atoms with E-state index >= 15 is 0 Å². The third-order valence-corrected chi connectivity index (χ3v) is 2.44. The Balaban J connectivity index is 2.35. The summed E-state index contributed by atoms with van der Waals surface area (Å²) in [6.07, 6.45) is 3.35. The zero-order chi connectivity index (χ0) is 11.7. The van der Waals surface area contributed by atoms with E-state index in [2.05, 4.69) is 6.58 Å². The van der Waals surface area contributed by atoms with Crippen molar-refractivity contribution in [2.24, 2.45) is 0 Å². The summed E-state index contributed by atoms with van der Waals surface area (Å²) in [7, 11) is 1.64. The fourth-order valence-corrected chi connectivity index (χ4v) is 1.42. The number of halogens is 1. The van der Waals surface area contributed by atoms with E-state index in [0.29, 0.717) is 11.4 Å². The molecule has 0 saturated heterocycles. The number of hydrogen-bond acceptors (Lipinski definition) is 1. The van der Waals surface area contributed by atoms with Gasteiger partial charge in [0, 0.05) is 18.9 Å². The van der Waals surface area contributed by atoms with Crippen molar-refractivity contribution in [3.8, 4) is 0 Å². The number of benzene rings is 1. The Labute approximate surface area is 93.1 Å². The van der Waals surface area contributed by atoms with E-state index < -0.39 is 0 Å². The molecule has 2 amide bonds. The zero-order valence-corrected chi connectivity index (χ0v) is 8.85. The fraction of sp³-hybridized carbons (Fsp3) is 0.0833. The van der Waals surface area contributed by atoms with Crippen LogP contribution in [0, 0.1) is 5.82 Å². The van der Waals surface area contributed by atoms with Gasteiger partial charge in [0.1, 0.15) is 5.82 Å². The van der Waals surface area contributed by atoms with Crippen LogP contribution < -0.4 is 4.90 Å². The van der Waals surface area contributed by atoms with Crippen LogP contribution in [0.1, 0.15) is 0 Å². The van der Waals surface area contributed by atoms with Crippen molar-refractivity contribution in [3.63, 3.8) is 0 Å². The van der Waals surface area contributed by atoms with Gasteiger partial charge in [0.25, 0.3) is 0 Å². The molecule has 0 atom stereocenters. The number of likely N-dealkylation sites (N-methyl/N-ethyl adjacent to an activating group) is 1. The quantitative estimate of drug-likeness (QED) is 0.711. The third kappa shape index (κ3) is 1.69. The minimum Gasteiger partial charge on any atom is -0.297 e. The molecule has 1 aliphatic rings. The second-order valence-corrected chi connectivity index (χ2v) is 3.50. The minimum atomic E-state index is -0.324. The number of amides is 2. The van der Waals surface area contributed by atoms with Gasteiger partial charge in [-0.25, -0.2) is 9.18 Å². The van der Waals surface area contributed by atoms with E-state index in [4.69, 9.17) is 0 Å². The second-order valence-electron chi connectivity index (χ2n) is 3.50. The predicted molar refractivity (Wildman–Crippen MR) is 60.3 cm³/mol. The molecule has 0 saturated carbocycles. The number of rotatable bonds is 1. The summed E-state index contributed by atoms with van der Waals surface area (Å²) >= 11 is 0. The SMILES string of the molecule is C=C1C=CN(c2ccc(F)cc2)C(=O)N1C. The monoisotopic (exact) mass is 218 g/mol. The maximum Gasteiger partial charge on any atom is 0.332 e. The highest BCUT2D eigenvalue weighted by Crippen LogP contribution is 2.21. The standard InChI is InChI=1S/C12H11FN2O/c1-9-7-8-15(12(16)14(9)2)11-5-3-10(13)4-6-11/h3-8H,1H2,2H3. The van der Waals surface area contributed by atoms with Gasteiger partial charge in [0.05, 0.1) is 5.69 Å². The third-order valence-electron chi connectivity index (χ3n) is 2.44. The summed E-state index contributed by atoms with van der Waals surface area (Å²) in [5.41, 5.74) is 1.25. The smallest absolute Gasteiger partial charge is 0.297 e. The molecule has 0 spiro atoms. The van der Waals surface area contributed by atoms with Crippen LogP contribution in [0.15, 0.2) is 48.8 Å². The first-order valence-corrected chi connectivity index (χ1v) is 4.79. The highest BCUT2D eigenvalue weighted by Gasteiger charge is 2.22. The van der Waals surface area contributed by atoms with Gasteiger partial charge >= 0.3 is 6.03 Å². The fourth-order valence-electron chi connectivity index (χ4n) is 1.42. The molecule has 2 rings (SSSR count). The summed E-state index contributed by atoms with van der Waals surface area (Å²) in [5.74, 6) is -0.324. The summed E-state index contributed by atoms with van der Waals surface area (Å²) in [4.78, 5) is 14.7. The highest BCUT2D eigenvalue weighted by atomic mass is 19.1. The normalized spacial score (nSPS) is 15.9. The number of anilines is 1. The van der Waals surface area contributed by atoms with Crippen molar-refractivity contribution in [3.05, 3.63) is 54.6 Å². The minimum absolute atomic E-state index is 0.209. The molecule has 1 aliphatic heterocycles. The predicted octanol–water partition coefficient (Wildman–Crippen LogP) is 2.72. The molecule has 16 heavy (non-hydrogen) atoms. The van der Waals surface area contributed by atoms with Gasteiger partial charge in [-0.1, -0.05) is 6.58 Å². The molecule has 0 fully saturated rings. The first-order chi connectivity index (χ1) is 7.59. The molecule has 0 N–H and O–H groups in total. The summed E-state index contributed by atoms with van der Waals surface area (Å²) < 4.78 is 12.7. The van der Waals surface area contributed by atoms with Crippen LogP contribution >= 0.6 is 0 Å². The zero-order valence-electron chi connectivity index (χ0n) is 8.85. The number of urea groups is 1. The van der Waals surface area contributed by atoms with Crippen LogP contribution in [0.4, 0.5) is 14.9 Å². The largest absolute Gasteiger partial charge is 0.332 e. The highest BCUT2D eigenvalue weighted by molar-refractivity contribution is 5.96. The summed E-state index contributed by atoms with van der Waals surface area (Å²) in [6.45, 7) is 3.72. The van der Waals surface area contributed by atoms with Gasteiger partial charge in [0.2, 0.25) is 0 Å². The van der Waals surface area contributed by atoms with Gasteiger partial charge in [-0.15, -0.1) is 0 Å². The lowest BCUT2D eigenvalue weighted by molar-refractivity contribution is 0.227. The molecule has 0 radical (unpaired) electrons. The Morgan fingerprint density at radius 2 is 1.88 bits per heavy atom. The molecule has 3 nitrogen and oxygen atoms in total. The molecule has 4 heteroatoms. The molecule has 82 valence electrons. The average molecular weight is 218 g/mol. The number of carbonyl (C=O) groups is 1. The lowest BCUT2D eigenvalue weighted by Crippen LogP contribution is -2.40. The Hall–Kier alpha value is -2.10. The lowest BCUT2D eigenvalue weighted by atomic mass is 10.2. The maximum atomic E-state index is 12.7. The molecule has 1 aromatic carbocycles. The number of allylic oxidation sites excluding steroid dienone is 1. The van der Waals surface area contributed by atoms with Crippen LogP contribution in [-0.4, -0.2) is 18.0 Å². The maximum absolute atomic E-state index is 12.7. The molecule has 1 aromatic rings. The van der Waals surface area contributed by atoms with Gasteiger partial charge in [-0.05, 0) is 30.3 Å². The molecule has 0 aromatic heterocycles. The van der Waals surface area contributed by atoms with Gasteiger partial charge in [0.15, 0.2) is 0 Å². The van der Waals surface area contributed by atoms with Crippen LogP contribution in [0.3, 0.4) is 0 Å². The van der Waals surface area contributed by atoms with E-state index in [1.165, 1.54) is 21.9 Å². The summed E-state index contributed by atoms with van der Waals surface area (Å²) in [5, 5.41) is 0. The van der Waals surface area contributed by atoms with Gasteiger partial charge in [-0.3, -0.25) is 9.80 Å². The summed E-state index contributed by atoms with van der Waals surface area (Å²) in [6, 6.07) is 5.54. The van der Waals surface area contributed by atoms with Crippen LogP contribution in [0.25, 0.3) is 0 Å². The number of hydrogen-bond donors (Lipinski definition) is 0. The Morgan fingerprint density at radius 3 is 2.50 bits per heavy atom. The van der Waals surface area contributed by atoms with Crippen molar-refractivity contribution in [2.45, 2.75) is 0 Å². The van der Waals surface area contributed by atoms with E-state index in [9.17, 15) is 9.18 Å². The average Bonchev–Trinajstić information content (AvgIpc) is 2.28. The van der Waals surface area contributed by atoms with Crippen molar-refractivity contribution >= 4 is 11.7 Å². The first-order valence-electron chi connectivity index (χ1n) is 4.79. The van der Waals surface area contributed by atoms with Crippen molar-refractivity contribution in [1.82, 2.24) is 4.90 Å². The van der Waals surface area contributed by atoms with E-state index in [0.717, 1.165) is 0 Å². The van der Waals surface area contributed by atoms with Gasteiger partial charge in [-0.2, -0.15) is 0 Å². The number of nitrogens with zero attached hydrogens (tertiary/aromatic N) is 2. The second kappa shape index (κ2) is 3.81. The van der Waals surface area contributed by atoms with Crippen molar-refractivity contribution < 1.29 is 9.18 Å². The topological polar surface area (TPSA) is 23.6 Å². The molecular formula is C12H11FN2O. The van der Waals surface area contributed by atoms with Crippen molar-refractivity contribution in [1.29, 1.82) is 0 Å². The van der Waals surface area contributed by atoms with Crippen LogP contribution in [-0.2, 0) is 0 Å².